The van der Waals surface area contributed by atoms with Crippen molar-refractivity contribution in [3.63, 3.8) is 0 Å². The molecule has 3 aromatic rings. The molecular formula is C20H21N5O4. The number of carbonyl (C=O) groups excluding carboxylic acids is 1. The van der Waals surface area contributed by atoms with Crippen molar-refractivity contribution in [1.82, 2.24) is 25.5 Å². The highest BCUT2D eigenvalue weighted by Crippen LogP contribution is 2.14. The van der Waals surface area contributed by atoms with Crippen LogP contribution in [0.25, 0.3) is 11.4 Å². The van der Waals surface area contributed by atoms with Gasteiger partial charge in [-0.15, -0.1) is 10.2 Å². The number of carboxylic acids is 1. The summed E-state index contributed by atoms with van der Waals surface area (Å²) >= 11 is 0. The van der Waals surface area contributed by atoms with Crippen LogP contribution >= 0.6 is 0 Å². The number of hydrogen-bond acceptors (Lipinski definition) is 6. The van der Waals surface area contributed by atoms with Crippen LogP contribution in [0, 0.1) is 0 Å². The number of carbonyl (C=O) groups is 2. The Morgan fingerprint density at radius 2 is 1.86 bits per heavy atom. The number of aliphatic carboxylic acids is 1. The average molecular weight is 395 g/mol. The Morgan fingerprint density at radius 1 is 1.14 bits per heavy atom. The van der Waals surface area contributed by atoms with Crippen molar-refractivity contribution >= 4 is 11.9 Å². The second kappa shape index (κ2) is 9.45. The quantitative estimate of drug-likeness (QED) is 0.566. The van der Waals surface area contributed by atoms with E-state index in [-0.39, 0.29) is 12.5 Å². The van der Waals surface area contributed by atoms with E-state index in [0.29, 0.717) is 24.5 Å². The van der Waals surface area contributed by atoms with Gasteiger partial charge in [0.25, 0.3) is 0 Å². The summed E-state index contributed by atoms with van der Waals surface area (Å²) < 4.78 is 5.09. The minimum absolute atomic E-state index is 0.205. The van der Waals surface area contributed by atoms with Gasteiger partial charge in [0.1, 0.15) is 11.8 Å². The van der Waals surface area contributed by atoms with Gasteiger partial charge in [0.15, 0.2) is 6.61 Å². The van der Waals surface area contributed by atoms with Gasteiger partial charge in [-0.2, -0.15) is 4.80 Å². The van der Waals surface area contributed by atoms with E-state index in [4.69, 9.17) is 9.84 Å². The molecule has 0 saturated carbocycles. The standard InChI is InChI=1S/C20H21N5O4/c1-14(25-23-19(22-24-25)16-5-3-2-4-6-16)20(28)21-12-11-15-7-9-17(10-8-15)29-13-18(26)27/h2-10,14H,11-13H2,1H3,(H,21,28)(H,26,27). The highest BCUT2D eigenvalue weighted by Gasteiger charge is 2.18. The largest absolute Gasteiger partial charge is 0.482 e. The predicted octanol–water partition coefficient (Wildman–Crippen LogP) is 1.72. The van der Waals surface area contributed by atoms with Crippen molar-refractivity contribution in [2.75, 3.05) is 13.2 Å². The molecule has 0 saturated heterocycles. The third kappa shape index (κ3) is 5.61. The molecule has 3 rings (SSSR count). The zero-order chi connectivity index (χ0) is 20.6. The van der Waals surface area contributed by atoms with Crippen LogP contribution in [-0.4, -0.2) is 50.3 Å². The minimum atomic E-state index is -1.02. The van der Waals surface area contributed by atoms with E-state index >= 15 is 0 Å². The molecule has 0 aliphatic rings. The Bertz CT molecular complexity index is 957. The zero-order valence-corrected chi connectivity index (χ0v) is 15.9. The Balaban J connectivity index is 1.48. The molecule has 2 aromatic carbocycles. The Kier molecular flexibility index (Phi) is 6.51. The monoisotopic (exact) mass is 395 g/mol. The fourth-order valence-electron chi connectivity index (χ4n) is 2.57. The lowest BCUT2D eigenvalue weighted by Gasteiger charge is -2.11. The second-order valence-corrected chi connectivity index (χ2v) is 6.34. The zero-order valence-electron chi connectivity index (χ0n) is 15.9. The number of ether oxygens (including phenoxy) is 1. The van der Waals surface area contributed by atoms with E-state index in [0.717, 1.165) is 11.1 Å². The van der Waals surface area contributed by atoms with Gasteiger partial charge in [-0.25, -0.2) is 4.79 Å². The number of carboxylic acid groups (broad SMARTS) is 1. The summed E-state index contributed by atoms with van der Waals surface area (Å²) in [6.07, 6.45) is 0.623. The third-order valence-electron chi connectivity index (χ3n) is 4.18. The first-order valence-corrected chi connectivity index (χ1v) is 9.09. The molecule has 0 fully saturated rings. The number of benzene rings is 2. The maximum Gasteiger partial charge on any atom is 0.341 e. The topological polar surface area (TPSA) is 119 Å². The molecule has 0 aliphatic heterocycles. The average Bonchev–Trinajstić information content (AvgIpc) is 3.23. The molecule has 0 bridgehead atoms. The SMILES string of the molecule is CC(C(=O)NCCc1ccc(OCC(=O)O)cc1)n1nnc(-c2ccccc2)n1. The van der Waals surface area contributed by atoms with E-state index in [1.54, 1.807) is 19.1 Å². The summed E-state index contributed by atoms with van der Waals surface area (Å²) in [4.78, 5) is 24.2. The van der Waals surface area contributed by atoms with Gasteiger partial charge < -0.3 is 15.2 Å². The maximum absolute atomic E-state index is 12.4. The number of rotatable bonds is 9. The Hall–Kier alpha value is -3.75. The van der Waals surface area contributed by atoms with Gasteiger partial charge in [0.05, 0.1) is 0 Å². The summed E-state index contributed by atoms with van der Waals surface area (Å²) in [5.74, 6) is -0.275. The Morgan fingerprint density at radius 3 is 2.55 bits per heavy atom. The number of tetrazole rings is 1. The lowest BCUT2D eigenvalue weighted by Crippen LogP contribution is -2.33. The van der Waals surface area contributed by atoms with Crippen LogP contribution in [0.1, 0.15) is 18.5 Å². The van der Waals surface area contributed by atoms with Crippen LogP contribution in [0.4, 0.5) is 0 Å². The molecule has 1 amide bonds. The summed E-state index contributed by atoms with van der Waals surface area (Å²) in [6.45, 7) is 1.77. The first kappa shape index (κ1) is 20.0. The van der Waals surface area contributed by atoms with Crippen molar-refractivity contribution in [3.05, 3.63) is 60.2 Å². The molecule has 1 aromatic heterocycles. The molecule has 150 valence electrons. The molecule has 1 atom stereocenters. The van der Waals surface area contributed by atoms with Crippen LogP contribution in [0.3, 0.4) is 0 Å². The van der Waals surface area contributed by atoms with Crippen molar-refractivity contribution in [1.29, 1.82) is 0 Å². The van der Waals surface area contributed by atoms with Gasteiger partial charge in [-0.3, -0.25) is 4.79 Å². The van der Waals surface area contributed by atoms with Gasteiger partial charge in [-0.05, 0) is 36.3 Å². The number of hydrogen-bond donors (Lipinski definition) is 2. The van der Waals surface area contributed by atoms with Crippen molar-refractivity contribution in [2.24, 2.45) is 0 Å². The van der Waals surface area contributed by atoms with E-state index in [2.05, 4.69) is 20.7 Å². The van der Waals surface area contributed by atoms with Crippen LogP contribution in [-0.2, 0) is 16.0 Å². The summed E-state index contributed by atoms with van der Waals surface area (Å²) in [6, 6.07) is 15.9. The molecule has 1 unspecified atom stereocenters. The van der Waals surface area contributed by atoms with Crippen LogP contribution < -0.4 is 10.1 Å². The third-order valence-corrected chi connectivity index (χ3v) is 4.18. The maximum atomic E-state index is 12.4. The highest BCUT2D eigenvalue weighted by atomic mass is 16.5. The minimum Gasteiger partial charge on any atom is -0.482 e. The van der Waals surface area contributed by atoms with E-state index in [1.807, 2.05) is 42.5 Å². The molecule has 0 spiro atoms. The lowest BCUT2D eigenvalue weighted by atomic mass is 10.1. The van der Waals surface area contributed by atoms with Crippen LogP contribution in [0.2, 0.25) is 0 Å². The van der Waals surface area contributed by atoms with Gasteiger partial charge in [0.2, 0.25) is 11.7 Å². The smallest absolute Gasteiger partial charge is 0.341 e. The van der Waals surface area contributed by atoms with Gasteiger partial charge >= 0.3 is 5.97 Å². The van der Waals surface area contributed by atoms with E-state index in [1.165, 1.54) is 4.80 Å². The summed E-state index contributed by atoms with van der Waals surface area (Å²) in [7, 11) is 0. The van der Waals surface area contributed by atoms with Crippen molar-refractivity contribution in [3.8, 4) is 17.1 Å². The molecular weight excluding hydrogens is 374 g/mol. The van der Waals surface area contributed by atoms with E-state index < -0.39 is 12.0 Å². The van der Waals surface area contributed by atoms with Gasteiger partial charge in [-0.1, -0.05) is 42.5 Å². The molecule has 2 N–H and O–H groups in total. The normalized spacial score (nSPS) is 11.6. The fraction of sp³-hybridized carbons (Fsp3) is 0.250. The fourth-order valence-corrected chi connectivity index (χ4v) is 2.57. The molecule has 9 nitrogen and oxygen atoms in total. The van der Waals surface area contributed by atoms with Crippen molar-refractivity contribution in [2.45, 2.75) is 19.4 Å². The molecule has 9 heteroatoms. The first-order chi connectivity index (χ1) is 14.0. The summed E-state index contributed by atoms with van der Waals surface area (Å²) in [5, 5.41) is 23.7. The highest BCUT2D eigenvalue weighted by molar-refractivity contribution is 5.79. The number of amides is 1. The number of nitrogens with one attached hydrogen (secondary N) is 1. The van der Waals surface area contributed by atoms with E-state index in [9.17, 15) is 9.59 Å². The second-order valence-electron chi connectivity index (χ2n) is 6.34. The summed E-state index contributed by atoms with van der Waals surface area (Å²) in [5.41, 5.74) is 1.83. The van der Waals surface area contributed by atoms with Gasteiger partial charge in [0, 0.05) is 12.1 Å². The lowest BCUT2D eigenvalue weighted by molar-refractivity contribution is -0.139. The van der Waals surface area contributed by atoms with Crippen LogP contribution in [0.5, 0.6) is 5.75 Å². The van der Waals surface area contributed by atoms with Crippen molar-refractivity contribution < 1.29 is 19.4 Å². The first-order valence-electron chi connectivity index (χ1n) is 9.09. The molecule has 29 heavy (non-hydrogen) atoms. The molecule has 0 aliphatic carbocycles. The Labute approximate surface area is 167 Å². The number of aromatic nitrogens is 4. The molecule has 0 radical (unpaired) electrons. The number of nitrogens with zero attached hydrogens (tertiary/aromatic N) is 4. The predicted molar refractivity (Wildman–Crippen MR) is 104 cm³/mol. The molecule has 1 heterocycles. The van der Waals surface area contributed by atoms with Crippen LogP contribution in [0.15, 0.2) is 54.6 Å².